The number of thiazole rings is 1. The number of carbonyl (C=O) groups excluding carboxylic acids is 3. The first-order valence-electron chi connectivity index (χ1n) is 10.4. The number of ether oxygens (including phenoxy) is 1. The number of unbranched alkanes of at least 4 members (excludes halogenated alkanes) is 1. The van der Waals surface area contributed by atoms with Gasteiger partial charge < -0.3 is 25.7 Å². The summed E-state index contributed by atoms with van der Waals surface area (Å²) in [6.07, 6.45) is 1.62. The van der Waals surface area contributed by atoms with Crippen molar-refractivity contribution < 1.29 is 33.9 Å². The number of thioether (sulfide) groups is 1. The number of hydrogen-bond donors (Lipinski definition) is 3. The molecule has 4 N–H and O–H groups in total. The molecule has 34 heavy (non-hydrogen) atoms. The number of nitrogen functional groups attached to an aromatic ring is 1. The van der Waals surface area contributed by atoms with Crippen molar-refractivity contribution in [3.8, 4) is 0 Å². The van der Waals surface area contributed by atoms with E-state index in [-0.39, 0.29) is 34.6 Å². The molecule has 1 aromatic rings. The van der Waals surface area contributed by atoms with Gasteiger partial charge in [-0.15, -0.1) is 23.1 Å². The molecule has 2 aliphatic rings. The van der Waals surface area contributed by atoms with Crippen LogP contribution in [0.5, 0.6) is 0 Å². The van der Waals surface area contributed by atoms with Crippen LogP contribution in [0.1, 0.15) is 37.3 Å². The molecule has 14 heteroatoms. The van der Waals surface area contributed by atoms with Crippen molar-refractivity contribution in [1.82, 2.24) is 15.2 Å². The van der Waals surface area contributed by atoms with E-state index < -0.39 is 35.2 Å². The van der Waals surface area contributed by atoms with E-state index >= 15 is 0 Å². The number of aromatic nitrogens is 1. The van der Waals surface area contributed by atoms with Crippen LogP contribution in [0.3, 0.4) is 0 Å². The van der Waals surface area contributed by atoms with E-state index in [0.717, 1.165) is 17.7 Å². The van der Waals surface area contributed by atoms with Gasteiger partial charge in [-0.3, -0.25) is 19.3 Å². The summed E-state index contributed by atoms with van der Waals surface area (Å²) in [6.45, 7) is 5.01. The van der Waals surface area contributed by atoms with E-state index in [0.29, 0.717) is 17.1 Å². The maximum atomic E-state index is 13.1. The molecule has 1 fully saturated rings. The summed E-state index contributed by atoms with van der Waals surface area (Å²) in [6, 6.07) is -0.973. The number of β-lactam (4-membered cyclic amide) rings is 1. The average molecular weight is 512 g/mol. The van der Waals surface area contributed by atoms with Crippen molar-refractivity contribution in [1.29, 1.82) is 0 Å². The van der Waals surface area contributed by atoms with Crippen LogP contribution in [-0.4, -0.2) is 74.8 Å². The zero-order valence-corrected chi connectivity index (χ0v) is 20.5. The topological polar surface area (TPSA) is 174 Å². The molecule has 2 amide bonds. The van der Waals surface area contributed by atoms with E-state index in [4.69, 9.17) is 15.3 Å². The molecule has 3 rings (SSSR count). The Balaban J connectivity index is 1.79. The number of esters is 1. The molecule has 184 valence electrons. The lowest BCUT2D eigenvalue weighted by atomic mass is 10.0. The highest BCUT2D eigenvalue weighted by atomic mass is 32.2. The minimum atomic E-state index is -1.31. The predicted molar refractivity (Wildman–Crippen MR) is 125 cm³/mol. The van der Waals surface area contributed by atoms with Gasteiger partial charge in [0.15, 0.2) is 10.8 Å². The highest BCUT2D eigenvalue weighted by molar-refractivity contribution is 8.00. The van der Waals surface area contributed by atoms with Gasteiger partial charge in [-0.25, -0.2) is 9.78 Å². The number of carboxylic acid groups (broad SMARTS) is 1. The first kappa shape index (κ1) is 25.5. The molecule has 1 aromatic heterocycles. The minimum Gasteiger partial charge on any atom is -0.477 e. The molecular formula is C20H25N5O7S2. The summed E-state index contributed by atoms with van der Waals surface area (Å²) in [7, 11) is 0. The largest absolute Gasteiger partial charge is 0.477 e. The van der Waals surface area contributed by atoms with Crippen molar-refractivity contribution in [2.24, 2.45) is 5.16 Å². The number of amides is 2. The third kappa shape index (κ3) is 5.33. The van der Waals surface area contributed by atoms with Crippen LogP contribution in [0.25, 0.3) is 0 Å². The lowest BCUT2D eigenvalue weighted by Gasteiger charge is -2.49. The lowest BCUT2D eigenvalue weighted by Crippen LogP contribution is -2.71. The maximum Gasteiger partial charge on any atom is 0.352 e. The van der Waals surface area contributed by atoms with Crippen LogP contribution in [0.2, 0.25) is 0 Å². The molecular weight excluding hydrogens is 486 g/mol. The normalized spacial score (nSPS) is 19.9. The lowest BCUT2D eigenvalue weighted by molar-refractivity contribution is -0.150. The van der Waals surface area contributed by atoms with E-state index in [9.17, 15) is 24.3 Å². The zero-order chi connectivity index (χ0) is 25.0. The maximum absolute atomic E-state index is 13.1. The van der Waals surface area contributed by atoms with Crippen LogP contribution in [-0.2, 0) is 28.8 Å². The SMILES string of the molecule is CCCCON=C(C(=O)N[C@@H]1C(=O)N2C(C(=O)O)=C(COC(C)=O)CS[C@H]12)c1nc(N)sc1C. The number of anilines is 1. The fraction of sp³-hybridized carbons (Fsp3) is 0.500. The van der Waals surface area contributed by atoms with Crippen molar-refractivity contribution >= 4 is 57.7 Å². The summed E-state index contributed by atoms with van der Waals surface area (Å²) in [4.78, 5) is 60.1. The summed E-state index contributed by atoms with van der Waals surface area (Å²) < 4.78 is 4.92. The van der Waals surface area contributed by atoms with Gasteiger partial charge in [-0.2, -0.15) is 0 Å². The molecule has 3 heterocycles. The molecule has 1 saturated heterocycles. The standard InChI is InChI=1S/C20H25N5O7S2/c1-4-5-6-32-24-13(12-9(2)34-20(21)23-12)16(27)22-14-17(28)25-15(19(29)30)11(7-31-10(3)26)8-33-18(14)25/h14,18H,4-8H2,1-3H3,(H2,21,23)(H,22,27)(H,29,30)/t14-,18-/m1/s1. The first-order chi connectivity index (χ1) is 16.1. The third-order valence-electron chi connectivity index (χ3n) is 4.98. The fourth-order valence-electron chi connectivity index (χ4n) is 3.34. The molecule has 0 aromatic carbocycles. The Morgan fingerprint density at radius 1 is 1.38 bits per heavy atom. The molecule has 2 atom stereocenters. The number of rotatable bonds is 10. The van der Waals surface area contributed by atoms with Gasteiger partial charge in [0.25, 0.3) is 11.8 Å². The number of carboxylic acids is 1. The number of aryl methyl sites for hydroxylation is 1. The summed E-state index contributed by atoms with van der Waals surface area (Å²) in [5, 5.41) is 15.9. The Hall–Kier alpha value is -3.13. The van der Waals surface area contributed by atoms with Crippen molar-refractivity contribution in [3.05, 3.63) is 21.8 Å². The molecule has 0 bridgehead atoms. The summed E-state index contributed by atoms with van der Waals surface area (Å²) >= 11 is 2.45. The summed E-state index contributed by atoms with van der Waals surface area (Å²) in [5.41, 5.74) is 5.98. The summed E-state index contributed by atoms with van der Waals surface area (Å²) in [5.74, 6) is -2.93. The zero-order valence-electron chi connectivity index (χ0n) is 18.8. The minimum absolute atomic E-state index is 0.113. The van der Waals surface area contributed by atoms with Gasteiger partial charge in [0.2, 0.25) is 0 Å². The Morgan fingerprint density at radius 2 is 2.12 bits per heavy atom. The molecule has 2 aliphatic heterocycles. The molecule has 0 unspecified atom stereocenters. The number of carbonyl (C=O) groups is 4. The Morgan fingerprint density at radius 3 is 2.71 bits per heavy atom. The number of fused-ring (bicyclic) bond motifs is 1. The first-order valence-corrected chi connectivity index (χ1v) is 12.3. The highest BCUT2D eigenvalue weighted by Crippen LogP contribution is 2.40. The van der Waals surface area contributed by atoms with Crippen LogP contribution in [0.4, 0.5) is 5.13 Å². The number of aliphatic carboxylic acids is 1. The van der Waals surface area contributed by atoms with Crippen LogP contribution in [0.15, 0.2) is 16.4 Å². The number of hydrogen-bond acceptors (Lipinski definition) is 11. The average Bonchev–Trinajstić information content (AvgIpc) is 3.12. The van der Waals surface area contributed by atoms with E-state index in [1.54, 1.807) is 6.92 Å². The number of oxime groups is 1. The van der Waals surface area contributed by atoms with Crippen molar-refractivity contribution in [2.45, 2.75) is 45.0 Å². The second-order valence-corrected chi connectivity index (χ2v) is 9.82. The number of nitrogens with two attached hydrogens (primary N) is 1. The van der Waals surface area contributed by atoms with Gasteiger partial charge in [-0.1, -0.05) is 18.5 Å². The predicted octanol–water partition coefficient (Wildman–Crippen LogP) is 0.856. The van der Waals surface area contributed by atoms with Gasteiger partial charge in [-0.05, 0) is 13.3 Å². The van der Waals surface area contributed by atoms with Gasteiger partial charge in [0.05, 0.1) is 0 Å². The smallest absolute Gasteiger partial charge is 0.352 e. The van der Waals surface area contributed by atoms with E-state index in [1.165, 1.54) is 30.0 Å². The van der Waals surface area contributed by atoms with Crippen LogP contribution >= 0.6 is 23.1 Å². The van der Waals surface area contributed by atoms with Crippen LogP contribution in [0, 0.1) is 6.92 Å². The van der Waals surface area contributed by atoms with Crippen molar-refractivity contribution in [3.63, 3.8) is 0 Å². The van der Waals surface area contributed by atoms with Crippen molar-refractivity contribution in [2.75, 3.05) is 24.7 Å². The number of nitrogens with zero attached hydrogens (tertiary/aromatic N) is 3. The van der Waals surface area contributed by atoms with Gasteiger partial charge in [0, 0.05) is 23.1 Å². The molecule has 0 spiro atoms. The second kappa shape index (κ2) is 10.9. The second-order valence-electron chi connectivity index (χ2n) is 7.48. The monoisotopic (exact) mass is 511 g/mol. The quantitative estimate of drug-likeness (QED) is 0.134. The molecule has 0 aliphatic carbocycles. The van der Waals surface area contributed by atoms with E-state index in [2.05, 4.69) is 15.5 Å². The number of nitrogens with one attached hydrogen (secondary N) is 1. The highest BCUT2D eigenvalue weighted by Gasteiger charge is 2.54. The van der Waals surface area contributed by atoms with Gasteiger partial charge in [0.1, 0.15) is 36.0 Å². The third-order valence-corrected chi connectivity index (χ3v) is 7.12. The Labute approximate surface area is 203 Å². The molecule has 0 radical (unpaired) electrons. The Kier molecular flexibility index (Phi) is 8.15. The fourth-order valence-corrected chi connectivity index (χ4v) is 5.36. The molecule has 12 nitrogen and oxygen atoms in total. The van der Waals surface area contributed by atoms with Gasteiger partial charge >= 0.3 is 11.9 Å². The molecule has 0 saturated carbocycles. The van der Waals surface area contributed by atoms with E-state index in [1.807, 2.05) is 6.92 Å². The van der Waals surface area contributed by atoms with Crippen LogP contribution < -0.4 is 11.1 Å². The Bertz CT molecular complexity index is 1070.